The third-order valence-corrected chi connectivity index (χ3v) is 3.88. The highest BCUT2D eigenvalue weighted by Crippen LogP contribution is 2.29. The number of carbonyl (C=O) groups excluding carboxylic acids is 1. The van der Waals surface area contributed by atoms with E-state index in [1.165, 1.54) is 5.56 Å². The molecule has 0 atom stereocenters. The topological polar surface area (TPSA) is 59.6 Å². The lowest BCUT2D eigenvalue weighted by molar-refractivity contribution is -0.114. The molecule has 5 heteroatoms. The van der Waals surface area contributed by atoms with Crippen molar-refractivity contribution >= 4 is 17.3 Å². The minimum Gasteiger partial charge on any atom is -0.494 e. The summed E-state index contributed by atoms with van der Waals surface area (Å²) in [6, 6.07) is 11.4. The number of nitrogens with one attached hydrogen (secondary N) is 2. The van der Waals surface area contributed by atoms with Crippen LogP contribution in [0.4, 0.5) is 11.4 Å². The van der Waals surface area contributed by atoms with Crippen molar-refractivity contribution in [3.63, 3.8) is 0 Å². The Morgan fingerprint density at radius 3 is 2.48 bits per heavy atom. The molecular formula is C20H26N2O3. The lowest BCUT2D eigenvalue weighted by atomic mass is 10.1. The molecule has 1 amide bonds. The number of ether oxygens (including phenoxy) is 2. The Balaban J connectivity index is 2.05. The molecule has 0 radical (unpaired) electrons. The van der Waals surface area contributed by atoms with Crippen LogP contribution < -0.4 is 20.1 Å². The lowest BCUT2D eigenvalue weighted by Crippen LogP contribution is -2.22. The summed E-state index contributed by atoms with van der Waals surface area (Å²) >= 11 is 0. The normalized spacial score (nSPS) is 10.2. The standard InChI is InChI=1S/C20H26N2O3/c1-5-24-16-10-11-19(25-6-2)18(12-16)22-20(23)13-21-17-9-7-8-14(3)15(17)4/h7-12,21H,5-6,13H2,1-4H3,(H,22,23). The number of aryl methyl sites for hydroxylation is 1. The number of anilines is 2. The van der Waals surface area contributed by atoms with Crippen molar-refractivity contribution in [2.45, 2.75) is 27.7 Å². The Morgan fingerprint density at radius 2 is 1.76 bits per heavy atom. The maximum atomic E-state index is 12.3. The van der Waals surface area contributed by atoms with Crippen LogP contribution in [-0.4, -0.2) is 25.7 Å². The van der Waals surface area contributed by atoms with Crippen molar-refractivity contribution in [1.82, 2.24) is 0 Å². The number of carbonyl (C=O) groups is 1. The molecule has 0 unspecified atom stereocenters. The monoisotopic (exact) mass is 342 g/mol. The molecule has 0 aromatic heterocycles. The first-order valence-corrected chi connectivity index (χ1v) is 8.54. The molecule has 0 aliphatic heterocycles. The van der Waals surface area contributed by atoms with Gasteiger partial charge in [-0.3, -0.25) is 4.79 Å². The minimum atomic E-state index is -0.143. The van der Waals surface area contributed by atoms with E-state index in [9.17, 15) is 4.79 Å². The quantitative estimate of drug-likeness (QED) is 0.756. The molecule has 0 heterocycles. The average Bonchev–Trinajstić information content (AvgIpc) is 2.59. The van der Waals surface area contributed by atoms with Gasteiger partial charge in [0.2, 0.25) is 5.91 Å². The zero-order valence-corrected chi connectivity index (χ0v) is 15.3. The first-order chi connectivity index (χ1) is 12.0. The SMILES string of the molecule is CCOc1ccc(OCC)c(NC(=O)CNc2cccc(C)c2C)c1. The highest BCUT2D eigenvalue weighted by Gasteiger charge is 2.10. The number of rotatable bonds is 8. The maximum absolute atomic E-state index is 12.3. The van der Waals surface area contributed by atoms with Crippen molar-refractivity contribution < 1.29 is 14.3 Å². The van der Waals surface area contributed by atoms with E-state index >= 15 is 0 Å². The van der Waals surface area contributed by atoms with Crippen LogP contribution in [0.5, 0.6) is 11.5 Å². The molecule has 0 saturated carbocycles. The average molecular weight is 342 g/mol. The largest absolute Gasteiger partial charge is 0.494 e. The fourth-order valence-electron chi connectivity index (χ4n) is 2.46. The van der Waals surface area contributed by atoms with E-state index < -0.39 is 0 Å². The molecule has 134 valence electrons. The molecular weight excluding hydrogens is 316 g/mol. The summed E-state index contributed by atoms with van der Waals surface area (Å²) in [6.07, 6.45) is 0. The Labute approximate surface area is 149 Å². The van der Waals surface area contributed by atoms with E-state index in [-0.39, 0.29) is 12.5 Å². The molecule has 2 rings (SSSR count). The van der Waals surface area contributed by atoms with Crippen LogP contribution in [0.2, 0.25) is 0 Å². The van der Waals surface area contributed by atoms with Crippen LogP contribution in [0.25, 0.3) is 0 Å². The molecule has 0 saturated heterocycles. The molecule has 0 spiro atoms. The highest BCUT2D eigenvalue weighted by atomic mass is 16.5. The van der Waals surface area contributed by atoms with Gasteiger partial charge in [-0.2, -0.15) is 0 Å². The van der Waals surface area contributed by atoms with Gasteiger partial charge in [-0.1, -0.05) is 12.1 Å². The fraction of sp³-hybridized carbons (Fsp3) is 0.350. The number of hydrogen-bond donors (Lipinski definition) is 2. The van der Waals surface area contributed by atoms with Crippen LogP contribution in [0.1, 0.15) is 25.0 Å². The predicted octanol–water partition coefficient (Wildman–Crippen LogP) is 4.15. The molecule has 0 fully saturated rings. The molecule has 2 aromatic rings. The van der Waals surface area contributed by atoms with Crippen LogP contribution in [0.15, 0.2) is 36.4 Å². The number of benzene rings is 2. The molecule has 0 aliphatic rings. The summed E-state index contributed by atoms with van der Waals surface area (Å²) in [5.74, 6) is 1.19. The second kappa shape index (κ2) is 8.97. The molecule has 25 heavy (non-hydrogen) atoms. The highest BCUT2D eigenvalue weighted by molar-refractivity contribution is 5.95. The first-order valence-electron chi connectivity index (χ1n) is 8.54. The summed E-state index contributed by atoms with van der Waals surface area (Å²) in [4.78, 5) is 12.3. The Kier molecular flexibility index (Phi) is 6.69. The van der Waals surface area contributed by atoms with Gasteiger partial charge in [-0.25, -0.2) is 0 Å². The van der Waals surface area contributed by atoms with Crippen LogP contribution >= 0.6 is 0 Å². The Morgan fingerprint density at radius 1 is 1.00 bits per heavy atom. The van der Waals surface area contributed by atoms with E-state index in [4.69, 9.17) is 9.47 Å². The number of hydrogen-bond acceptors (Lipinski definition) is 4. The predicted molar refractivity (Wildman–Crippen MR) is 102 cm³/mol. The number of amides is 1. The van der Waals surface area contributed by atoms with E-state index in [1.54, 1.807) is 6.07 Å². The van der Waals surface area contributed by atoms with Gasteiger partial charge in [-0.05, 0) is 57.0 Å². The smallest absolute Gasteiger partial charge is 0.243 e. The summed E-state index contributed by atoms with van der Waals surface area (Å²) in [7, 11) is 0. The molecule has 0 aliphatic carbocycles. The van der Waals surface area contributed by atoms with E-state index in [0.717, 1.165) is 11.3 Å². The zero-order valence-electron chi connectivity index (χ0n) is 15.3. The van der Waals surface area contributed by atoms with Gasteiger partial charge >= 0.3 is 0 Å². The van der Waals surface area contributed by atoms with Crippen LogP contribution in [-0.2, 0) is 4.79 Å². The van der Waals surface area contributed by atoms with Crippen LogP contribution in [0.3, 0.4) is 0 Å². The zero-order chi connectivity index (χ0) is 18.2. The van der Waals surface area contributed by atoms with E-state index in [2.05, 4.69) is 10.6 Å². The molecule has 0 bridgehead atoms. The van der Waals surface area contributed by atoms with Gasteiger partial charge in [0.1, 0.15) is 11.5 Å². The van der Waals surface area contributed by atoms with Crippen molar-refractivity contribution in [1.29, 1.82) is 0 Å². The van der Waals surface area contributed by atoms with Crippen molar-refractivity contribution in [2.75, 3.05) is 30.4 Å². The summed E-state index contributed by atoms with van der Waals surface area (Å²) in [5.41, 5.74) is 3.90. The molecule has 2 aromatic carbocycles. The third-order valence-electron chi connectivity index (χ3n) is 3.88. The Hall–Kier alpha value is -2.69. The van der Waals surface area contributed by atoms with Gasteiger partial charge in [0.25, 0.3) is 0 Å². The van der Waals surface area contributed by atoms with Gasteiger partial charge in [0.05, 0.1) is 25.4 Å². The van der Waals surface area contributed by atoms with E-state index in [1.807, 2.05) is 58.0 Å². The third kappa shape index (κ3) is 5.14. The molecule has 5 nitrogen and oxygen atoms in total. The van der Waals surface area contributed by atoms with Gasteiger partial charge < -0.3 is 20.1 Å². The first kappa shape index (κ1) is 18.6. The van der Waals surface area contributed by atoms with Gasteiger partial charge in [0.15, 0.2) is 0 Å². The van der Waals surface area contributed by atoms with Gasteiger partial charge in [-0.15, -0.1) is 0 Å². The second-order valence-corrected chi connectivity index (χ2v) is 5.67. The summed E-state index contributed by atoms with van der Waals surface area (Å²) in [6.45, 7) is 9.18. The second-order valence-electron chi connectivity index (χ2n) is 5.67. The Bertz CT molecular complexity index is 729. The minimum absolute atomic E-state index is 0.143. The molecule has 2 N–H and O–H groups in total. The lowest BCUT2D eigenvalue weighted by Gasteiger charge is -2.15. The fourth-order valence-corrected chi connectivity index (χ4v) is 2.46. The van der Waals surface area contributed by atoms with Crippen molar-refractivity contribution in [3.05, 3.63) is 47.5 Å². The van der Waals surface area contributed by atoms with Crippen LogP contribution in [0, 0.1) is 13.8 Å². The summed E-state index contributed by atoms with van der Waals surface area (Å²) < 4.78 is 11.1. The maximum Gasteiger partial charge on any atom is 0.243 e. The van der Waals surface area contributed by atoms with Crippen molar-refractivity contribution in [3.8, 4) is 11.5 Å². The summed E-state index contributed by atoms with van der Waals surface area (Å²) in [5, 5.41) is 6.07. The van der Waals surface area contributed by atoms with E-state index in [0.29, 0.717) is 30.4 Å². The van der Waals surface area contributed by atoms with Crippen molar-refractivity contribution in [2.24, 2.45) is 0 Å². The van der Waals surface area contributed by atoms with Gasteiger partial charge in [0, 0.05) is 11.8 Å².